The smallest absolute Gasteiger partial charge is 0.480 e. The van der Waals surface area contributed by atoms with E-state index in [1.165, 1.54) is 12.1 Å². The molecule has 0 bridgehead atoms. The van der Waals surface area contributed by atoms with Gasteiger partial charge < -0.3 is 9.84 Å². The van der Waals surface area contributed by atoms with Gasteiger partial charge in [-0.3, -0.25) is 4.79 Å². The third kappa shape index (κ3) is 6.06. The maximum Gasteiger partial charge on any atom is 0.573 e. The summed E-state index contributed by atoms with van der Waals surface area (Å²) in [6.45, 7) is 1.79. The fraction of sp³-hybridized carbons (Fsp3) is 0.462. The van der Waals surface area contributed by atoms with Crippen LogP contribution in [0.2, 0.25) is 0 Å². The lowest BCUT2D eigenvalue weighted by molar-refractivity contribution is -0.275. The summed E-state index contributed by atoms with van der Waals surface area (Å²) in [6, 6.07) is 2.69. The number of carboxylic acids is 1. The Bertz CT molecular complexity index is 645. The Morgan fingerprint density at radius 1 is 1.35 bits per heavy atom. The number of rotatable bonds is 8. The average molecular weight is 355 g/mol. The summed E-state index contributed by atoms with van der Waals surface area (Å²) in [4.78, 5) is 10.3. The number of ether oxygens (including phenoxy) is 1. The van der Waals surface area contributed by atoms with E-state index < -0.39 is 39.0 Å². The lowest BCUT2D eigenvalue weighted by Crippen LogP contribution is -2.40. The summed E-state index contributed by atoms with van der Waals surface area (Å²) < 4.78 is 67.0. The standard InChI is InChI=1S/C13H16F3NO5S/c1-2-3-6-9(12(18)19)17-23(20,21)11-8-5-4-7-10(11)22-13(14,15)16/h4-5,7-9,17H,2-3,6H2,1H3,(H,18,19)/t9-/m0/s1. The lowest BCUT2D eigenvalue weighted by atomic mass is 10.1. The molecule has 0 aliphatic heterocycles. The SMILES string of the molecule is CCCC[C@H](NS(=O)(=O)c1ccccc1OC(F)(F)F)C(=O)O. The van der Waals surface area contributed by atoms with Crippen LogP contribution in [0.3, 0.4) is 0 Å². The molecule has 1 aromatic carbocycles. The van der Waals surface area contributed by atoms with Crippen LogP contribution in [0.1, 0.15) is 26.2 Å². The molecule has 10 heteroatoms. The van der Waals surface area contributed by atoms with E-state index in [0.29, 0.717) is 12.8 Å². The second-order valence-corrected chi connectivity index (χ2v) is 6.33. The van der Waals surface area contributed by atoms with E-state index in [-0.39, 0.29) is 6.42 Å². The molecule has 0 radical (unpaired) electrons. The number of carboxylic acid groups (broad SMARTS) is 1. The zero-order valence-electron chi connectivity index (χ0n) is 12.1. The highest BCUT2D eigenvalue weighted by atomic mass is 32.2. The van der Waals surface area contributed by atoms with Crippen LogP contribution in [0.15, 0.2) is 29.2 Å². The van der Waals surface area contributed by atoms with Crippen LogP contribution in [-0.4, -0.2) is 31.9 Å². The molecule has 23 heavy (non-hydrogen) atoms. The third-order valence-corrected chi connectivity index (χ3v) is 4.32. The topological polar surface area (TPSA) is 92.7 Å². The molecule has 1 aromatic rings. The van der Waals surface area contributed by atoms with Crippen molar-refractivity contribution in [2.75, 3.05) is 0 Å². The highest BCUT2D eigenvalue weighted by Gasteiger charge is 2.35. The molecule has 0 fully saturated rings. The van der Waals surface area contributed by atoms with Gasteiger partial charge in [0, 0.05) is 0 Å². The number of hydrogen-bond donors (Lipinski definition) is 2. The van der Waals surface area contributed by atoms with Crippen LogP contribution in [0.5, 0.6) is 5.75 Å². The number of para-hydroxylation sites is 1. The summed E-state index contributed by atoms with van der Waals surface area (Å²) in [6.07, 6.45) is -3.97. The van der Waals surface area contributed by atoms with E-state index in [2.05, 4.69) is 4.74 Å². The number of aliphatic carboxylic acids is 1. The van der Waals surface area contributed by atoms with Crippen molar-refractivity contribution in [1.29, 1.82) is 0 Å². The Balaban J connectivity index is 3.10. The van der Waals surface area contributed by atoms with E-state index in [1.807, 2.05) is 4.72 Å². The maximum atomic E-state index is 12.3. The van der Waals surface area contributed by atoms with Crippen molar-refractivity contribution < 1.29 is 36.2 Å². The second-order valence-electron chi connectivity index (χ2n) is 4.65. The molecular formula is C13H16F3NO5S. The number of nitrogens with one attached hydrogen (secondary N) is 1. The minimum absolute atomic E-state index is 0.0212. The molecule has 130 valence electrons. The fourth-order valence-electron chi connectivity index (χ4n) is 1.77. The van der Waals surface area contributed by atoms with Gasteiger partial charge in [-0.1, -0.05) is 31.9 Å². The molecule has 0 spiro atoms. The van der Waals surface area contributed by atoms with Crippen molar-refractivity contribution in [3.05, 3.63) is 24.3 Å². The van der Waals surface area contributed by atoms with Gasteiger partial charge in [0.15, 0.2) is 0 Å². The minimum atomic E-state index is -5.07. The molecular weight excluding hydrogens is 339 g/mol. The molecule has 0 amide bonds. The van der Waals surface area contributed by atoms with E-state index in [1.54, 1.807) is 6.92 Å². The van der Waals surface area contributed by atoms with Crippen LogP contribution in [0.4, 0.5) is 13.2 Å². The van der Waals surface area contributed by atoms with Gasteiger partial charge in [-0.15, -0.1) is 13.2 Å². The van der Waals surface area contributed by atoms with Crippen LogP contribution in [-0.2, 0) is 14.8 Å². The zero-order valence-corrected chi connectivity index (χ0v) is 12.9. The molecule has 2 N–H and O–H groups in total. The van der Waals surface area contributed by atoms with Crippen LogP contribution < -0.4 is 9.46 Å². The lowest BCUT2D eigenvalue weighted by Gasteiger charge is -2.17. The molecule has 1 rings (SSSR count). The first-order valence-electron chi connectivity index (χ1n) is 6.66. The molecule has 0 heterocycles. The second kappa shape index (κ2) is 7.64. The number of sulfonamides is 1. The Kier molecular flexibility index (Phi) is 6.39. The van der Waals surface area contributed by atoms with E-state index in [0.717, 1.165) is 12.1 Å². The molecule has 0 saturated carbocycles. The van der Waals surface area contributed by atoms with Gasteiger partial charge in [-0.05, 0) is 18.6 Å². The van der Waals surface area contributed by atoms with Gasteiger partial charge in [-0.25, -0.2) is 8.42 Å². The monoisotopic (exact) mass is 355 g/mol. The van der Waals surface area contributed by atoms with Gasteiger partial charge in [0.25, 0.3) is 0 Å². The van der Waals surface area contributed by atoms with Gasteiger partial charge in [0.1, 0.15) is 16.7 Å². The Labute approximate surface area is 131 Å². The van der Waals surface area contributed by atoms with Crippen molar-refractivity contribution >= 4 is 16.0 Å². The highest BCUT2D eigenvalue weighted by Crippen LogP contribution is 2.29. The number of hydrogen-bond acceptors (Lipinski definition) is 4. The van der Waals surface area contributed by atoms with E-state index >= 15 is 0 Å². The Hall–Kier alpha value is -1.81. The quantitative estimate of drug-likeness (QED) is 0.747. The summed E-state index contributed by atoms with van der Waals surface area (Å²) >= 11 is 0. The largest absolute Gasteiger partial charge is 0.573 e. The Morgan fingerprint density at radius 2 is 1.96 bits per heavy atom. The van der Waals surface area contributed by atoms with Crippen molar-refractivity contribution in [3.63, 3.8) is 0 Å². The summed E-state index contributed by atoms with van der Waals surface area (Å²) in [7, 11) is -4.49. The average Bonchev–Trinajstić information content (AvgIpc) is 2.41. The number of carbonyl (C=O) groups is 1. The van der Waals surface area contributed by atoms with E-state index in [4.69, 9.17) is 5.11 Å². The first kappa shape index (κ1) is 19.2. The minimum Gasteiger partial charge on any atom is -0.480 e. The first-order chi connectivity index (χ1) is 10.6. The van der Waals surface area contributed by atoms with Gasteiger partial charge in [0.2, 0.25) is 10.0 Å². The van der Waals surface area contributed by atoms with Gasteiger partial charge in [-0.2, -0.15) is 4.72 Å². The Morgan fingerprint density at radius 3 is 2.48 bits per heavy atom. The van der Waals surface area contributed by atoms with E-state index in [9.17, 15) is 26.4 Å². The number of unbranched alkanes of at least 4 members (excludes halogenated alkanes) is 1. The van der Waals surface area contributed by atoms with Crippen LogP contribution in [0.25, 0.3) is 0 Å². The van der Waals surface area contributed by atoms with Gasteiger partial charge >= 0.3 is 12.3 Å². The fourth-order valence-corrected chi connectivity index (χ4v) is 3.13. The summed E-state index contributed by atoms with van der Waals surface area (Å²) in [5.74, 6) is -2.33. The number of benzene rings is 1. The predicted octanol–water partition coefficient (Wildman–Crippen LogP) is 2.51. The summed E-state index contributed by atoms with van der Waals surface area (Å²) in [5.41, 5.74) is 0. The van der Waals surface area contributed by atoms with Gasteiger partial charge in [0.05, 0.1) is 0 Å². The molecule has 0 aromatic heterocycles. The van der Waals surface area contributed by atoms with Crippen molar-refractivity contribution in [2.24, 2.45) is 0 Å². The normalized spacial score (nSPS) is 13.6. The summed E-state index contributed by atoms with van der Waals surface area (Å²) in [5, 5.41) is 9.03. The zero-order chi connectivity index (χ0) is 17.7. The third-order valence-electron chi connectivity index (χ3n) is 2.81. The molecule has 0 saturated heterocycles. The molecule has 1 atom stereocenters. The number of alkyl halides is 3. The van der Waals surface area contributed by atoms with Crippen molar-refractivity contribution in [1.82, 2.24) is 4.72 Å². The van der Waals surface area contributed by atoms with Crippen LogP contribution >= 0.6 is 0 Å². The molecule has 0 aliphatic carbocycles. The maximum absolute atomic E-state index is 12.3. The molecule has 0 unspecified atom stereocenters. The van der Waals surface area contributed by atoms with Crippen LogP contribution in [0, 0.1) is 0 Å². The first-order valence-corrected chi connectivity index (χ1v) is 8.15. The molecule has 6 nitrogen and oxygen atoms in total. The van der Waals surface area contributed by atoms with Crippen molar-refractivity contribution in [3.8, 4) is 5.75 Å². The molecule has 0 aliphatic rings. The number of halogens is 3. The predicted molar refractivity (Wildman–Crippen MR) is 74.4 cm³/mol. The van der Waals surface area contributed by atoms with Crippen molar-refractivity contribution in [2.45, 2.75) is 43.5 Å². The highest BCUT2D eigenvalue weighted by molar-refractivity contribution is 7.89.